The molecule has 0 aliphatic carbocycles. The topological polar surface area (TPSA) is 80.1 Å². The predicted molar refractivity (Wildman–Crippen MR) is 56.7 cm³/mol. The fourth-order valence-corrected chi connectivity index (χ4v) is 1.80. The number of nitrogens with zero attached hydrogens (tertiary/aromatic N) is 2. The van der Waals surface area contributed by atoms with Gasteiger partial charge in [-0.2, -0.15) is 4.98 Å². The number of carbonyl (C=O) groups excluding carboxylic acids is 1. The van der Waals surface area contributed by atoms with Crippen molar-refractivity contribution in [3.8, 4) is 0 Å². The monoisotopic (exact) mass is 224 g/mol. The molecule has 0 radical (unpaired) electrons. The Morgan fingerprint density at radius 3 is 3.25 bits per heavy atom. The molecular formula is C10H16N4O2. The summed E-state index contributed by atoms with van der Waals surface area (Å²) in [7, 11) is 0. The molecule has 0 saturated carbocycles. The van der Waals surface area contributed by atoms with E-state index in [0.29, 0.717) is 18.9 Å². The third-order valence-corrected chi connectivity index (χ3v) is 2.67. The largest absolute Gasteiger partial charge is 0.354 e. The minimum Gasteiger partial charge on any atom is -0.354 e. The van der Waals surface area contributed by atoms with Gasteiger partial charge in [0.1, 0.15) is 0 Å². The average molecular weight is 224 g/mol. The molecule has 1 amide bonds. The molecule has 2 rings (SSSR count). The third kappa shape index (κ3) is 3.03. The van der Waals surface area contributed by atoms with Crippen LogP contribution in [-0.2, 0) is 11.2 Å². The van der Waals surface area contributed by atoms with Crippen LogP contribution in [0.1, 0.15) is 25.2 Å². The normalized spacial score (nSPS) is 20.6. The summed E-state index contributed by atoms with van der Waals surface area (Å²) in [5.41, 5.74) is 0. The first-order valence-electron chi connectivity index (χ1n) is 5.63. The highest BCUT2D eigenvalue weighted by Gasteiger charge is 2.19. The van der Waals surface area contributed by atoms with Crippen LogP contribution in [0.25, 0.3) is 0 Å². The van der Waals surface area contributed by atoms with E-state index in [0.717, 1.165) is 25.8 Å². The van der Waals surface area contributed by atoms with E-state index in [1.165, 1.54) is 6.33 Å². The molecular weight excluding hydrogens is 208 g/mol. The van der Waals surface area contributed by atoms with Crippen molar-refractivity contribution >= 4 is 5.91 Å². The molecule has 0 spiro atoms. The molecule has 2 heterocycles. The smallest absolute Gasteiger partial charge is 0.237 e. The summed E-state index contributed by atoms with van der Waals surface area (Å²) in [5, 5.41) is 9.56. The van der Waals surface area contributed by atoms with Crippen LogP contribution in [0.15, 0.2) is 10.9 Å². The van der Waals surface area contributed by atoms with E-state index in [4.69, 9.17) is 4.52 Å². The molecule has 16 heavy (non-hydrogen) atoms. The summed E-state index contributed by atoms with van der Waals surface area (Å²) in [6, 6.07) is -0.0311. The third-order valence-electron chi connectivity index (χ3n) is 2.67. The Bertz CT molecular complexity index is 320. The first-order chi connectivity index (χ1) is 7.86. The number of rotatable bonds is 4. The summed E-state index contributed by atoms with van der Waals surface area (Å²) >= 11 is 0. The summed E-state index contributed by atoms with van der Waals surface area (Å²) in [6.07, 6.45) is 5.14. The van der Waals surface area contributed by atoms with Crippen molar-refractivity contribution in [2.75, 3.05) is 13.1 Å². The number of hydrogen-bond acceptors (Lipinski definition) is 5. The highest BCUT2D eigenvalue weighted by Crippen LogP contribution is 2.06. The second-order valence-corrected chi connectivity index (χ2v) is 3.88. The predicted octanol–water partition coefficient (Wildman–Crippen LogP) is -0.130. The SMILES string of the molecule is O=C(NCCc1ncno1)[C@H]1CCCCN1. The lowest BCUT2D eigenvalue weighted by molar-refractivity contribution is -0.123. The molecule has 1 fully saturated rings. The van der Waals surface area contributed by atoms with Crippen molar-refractivity contribution in [1.82, 2.24) is 20.8 Å². The van der Waals surface area contributed by atoms with E-state index in [1.54, 1.807) is 0 Å². The summed E-state index contributed by atoms with van der Waals surface area (Å²) in [4.78, 5) is 15.6. The maximum absolute atomic E-state index is 11.7. The van der Waals surface area contributed by atoms with Gasteiger partial charge in [0, 0.05) is 13.0 Å². The second kappa shape index (κ2) is 5.60. The molecule has 6 heteroatoms. The van der Waals surface area contributed by atoms with Crippen molar-refractivity contribution in [3.05, 3.63) is 12.2 Å². The number of aromatic nitrogens is 2. The van der Waals surface area contributed by atoms with Crippen molar-refractivity contribution in [2.45, 2.75) is 31.7 Å². The van der Waals surface area contributed by atoms with Crippen LogP contribution in [0.3, 0.4) is 0 Å². The van der Waals surface area contributed by atoms with Crippen LogP contribution < -0.4 is 10.6 Å². The van der Waals surface area contributed by atoms with Gasteiger partial charge in [0.15, 0.2) is 6.33 Å². The Balaban J connectivity index is 1.67. The van der Waals surface area contributed by atoms with Crippen LogP contribution in [0.4, 0.5) is 0 Å². The molecule has 0 unspecified atom stereocenters. The minimum atomic E-state index is -0.0311. The van der Waals surface area contributed by atoms with Crippen LogP contribution in [0.5, 0.6) is 0 Å². The number of amides is 1. The Morgan fingerprint density at radius 1 is 1.62 bits per heavy atom. The van der Waals surface area contributed by atoms with E-state index in [9.17, 15) is 4.79 Å². The molecule has 0 aromatic carbocycles. The zero-order chi connectivity index (χ0) is 11.2. The quantitative estimate of drug-likeness (QED) is 0.744. The van der Waals surface area contributed by atoms with Crippen LogP contribution >= 0.6 is 0 Å². The molecule has 1 atom stereocenters. The van der Waals surface area contributed by atoms with Crippen molar-refractivity contribution in [1.29, 1.82) is 0 Å². The zero-order valence-corrected chi connectivity index (χ0v) is 9.11. The van der Waals surface area contributed by atoms with Gasteiger partial charge in [0.2, 0.25) is 11.8 Å². The first-order valence-corrected chi connectivity index (χ1v) is 5.63. The van der Waals surface area contributed by atoms with Gasteiger partial charge in [-0.25, -0.2) is 0 Å². The maximum Gasteiger partial charge on any atom is 0.237 e. The fraction of sp³-hybridized carbons (Fsp3) is 0.700. The van der Waals surface area contributed by atoms with Gasteiger partial charge in [0.25, 0.3) is 0 Å². The Kier molecular flexibility index (Phi) is 3.87. The van der Waals surface area contributed by atoms with Gasteiger partial charge >= 0.3 is 0 Å². The van der Waals surface area contributed by atoms with Crippen molar-refractivity contribution in [3.63, 3.8) is 0 Å². The zero-order valence-electron chi connectivity index (χ0n) is 9.11. The standard InChI is InChI=1S/C10H16N4O2/c15-10(8-3-1-2-5-11-8)12-6-4-9-13-7-14-16-9/h7-8,11H,1-6H2,(H,12,15)/t8-/m1/s1. The van der Waals surface area contributed by atoms with Crippen LogP contribution in [-0.4, -0.2) is 35.2 Å². The highest BCUT2D eigenvalue weighted by molar-refractivity contribution is 5.81. The lowest BCUT2D eigenvalue weighted by atomic mass is 10.0. The Morgan fingerprint density at radius 2 is 2.56 bits per heavy atom. The fourth-order valence-electron chi connectivity index (χ4n) is 1.80. The summed E-state index contributed by atoms with van der Waals surface area (Å²) in [5.74, 6) is 0.621. The van der Waals surface area contributed by atoms with Crippen LogP contribution in [0, 0.1) is 0 Å². The van der Waals surface area contributed by atoms with Crippen molar-refractivity contribution in [2.24, 2.45) is 0 Å². The van der Waals surface area contributed by atoms with Gasteiger partial charge in [-0.15, -0.1) is 0 Å². The molecule has 1 aliphatic heterocycles. The van der Waals surface area contributed by atoms with Gasteiger partial charge in [0.05, 0.1) is 6.04 Å². The second-order valence-electron chi connectivity index (χ2n) is 3.88. The lowest BCUT2D eigenvalue weighted by Crippen LogP contribution is -2.47. The average Bonchev–Trinajstić information content (AvgIpc) is 2.83. The Hall–Kier alpha value is -1.43. The number of carbonyl (C=O) groups is 1. The molecule has 88 valence electrons. The van der Waals surface area contributed by atoms with E-state index in [-0.39, 0.29) is 11.9 Å². The molecule has 6 nitrogen and oxygen atoms in total. The number of hydrogen-bond donors (Lipinski definition) is 2. The molecule has 2 N–H and O–H groups in total. The van der Waals surface area contributed by atoms with Gasteiger partial charge < -0.3 is 15.2 Å². The molecule has 1 saturated heterocycles. The van der Waals surface area contributed by atoms with E-state index < -0.39 is 0 Å². The van der Waals surface area contributed by atoms with Crippen LogP contribution in [0.2, 0.25) is 0 Å². The van der Waals surface area contributed by atoms with Crippen molar-refractivity contribution < 1.29 is 9.32 Å². The molecule has 1 aliphatic rings. The lowest BCUT2D eigenvalue weighted by Gasteiger charge is -2.22. The number of nitrogens with one attached hydrogen (secondary N) is 2. The Labute approximate surface area is 93.8 Å². The minimum absolute atomic E-state index is 0.0311. The number of piperidine rings is 1. The maximum atomic E-state index is 11.7. The van der Waals surface area contributed by atoms with E-state index in [1.807, 2.05) is 0 Å². The van der Waals surface area contributed by atoms with Gasteiger partial charge in [-0.05, 0) is 19.4 Å². The highest BCUT2D eigenvalue weighted by atomic mass is 16.5. The van der Waals surface area contributed by atoms with E-state index >= 15 is 0 Å². The first kappa shape index (κ1) is 11.1. The summed E-state index contributed by atoms with van der Waals surface area (Å²) < 4.78 is 4.83. The molecule has 1 aromatic rings. The molecule has 0 bridgehead atoms. The van der Waals surface area contributed by atoms with E-state index in [2.05, 4.69) is 20.8 Å². The summed E-state index contributed by atoms with van der Waals surface area (Å²) in [6.45, 7) is 1.47. The molecule has 1 aromatic heterocycles. The van der Waals surface area contributed by atoms with Gasteiger partial charge in [-0.1, -0.05) is 11.6 Å². The van der Waals surface area contributed by atoms with Gasteiger partial charge in [-0.3, -0.25) is 4.79 Å².